The summed E-state index contributed by atoms with van der Waals surface area (Å²) in [5, 5.41) is 11.8. The molecular formula is C19H21N5O2S. The first-order valence-corrected chi connectivity index (χ1v) is 10.1. The molecule has 2 aromatic heterocycles. The average Bonchev–Trinajstić information content (AvgIpc) is 3.10. The van der Waals surface area contributed by atoms with Crippen molar-refractivity contribution in [2.24, 2.45) is 0 Å². The summed E-state index contributed by atoms with van der Waals surface area (Å²) >= 11 is 1.33. The molecule has 27 heavy (non-hydrogen) atoms. The lowest BCUT2D eigenvalue weighted by atomic mass is 9.97. The number of anilines is 1. The topological polar surface area (TPSA) is 92.2 Å². The fourth-order valence-corrected chi connectivity index (χ4v) is 4.15. The third kappa shape index (κ3) is 3.62. The number of aromatic nitrogens is 4. The number of H-pyrrole nitrogens is 1. The number of nitrogens with zero attached hydrogens (tertiary/aromatic N) is 3. The number of aryl methyl sites for hydroxylation is 2. The second-order valence-electron chi connectivity index (χ2n) is 6.62. The molecule has 140 valence electrons. The maximum Gasteiger partial charge on any atom is 0.255 e. The van der Waals surface area contributed by atoms with Crippen LogP contribution in [0, 0.1) is 0 Å². The summed E-state index contributed by atoms with van der Waals surface area (Å²) in [6, 6.07) is 7.85. The van der Waals surface area contributed by atoms with Crippen LogP contribution in [0.4, 0.5) is 5.69 Å². The molecule has 0 unspecified atom stereocenters. The third-order valence-corrected chi connectivity index (χ3v) is 5.75. The van der Waals surface area contributed by atoms with Crippen molar-refractivity contribution >= 4 is 29.1 Å². The number of nitrogens with one attached hydrogen (secondary N) is 2. The van der Waals surface area contributed by atoms with Crippen molar-refractivity contribution < 1.29 is 4.79 Å². The Morgan fingerprint density at radius 3 is 2.78 bits per heavy atom. The predicted molar refractivity (Wildman–Crippen MR) is 105 cm³/mol. The summed E-state index contributed by atoms with van der Waals surface area (Å²) in [5.41, 5.74) is 3.73. The Hall–Kier alpha value is -2.61. The predicted octanol–water partition coefficient (Wildman–Crippen LogP) is 2.59. The van der Waals surface area contributed by atoms with Crippen LogP contribution in [0.3, 0.4) is 0 Å². The van der Waals surface area contributed by atoms with Crippen molar-refractivity contribution in [2.45, 2.75) is 44.2 Å². The molecule has 8 heteroatoms. The van der Waals surface area contributed by atoms with Gasteiger partial charge in [0.2, 0.25) is 11.7 Å². The van der Waals surface area contributed by atoms with Crippen LogP contribution in [0.1, 0.15) is 36.6 Å². The fraction of sp³-hybridized carbons (Fsp3) is 0.368. The molecule has 0 aliphatic heterocycles. The minimum absolute atomic E-state index is 0.0746. The number of carbonyl (C=O) groups is 1. The number of hydrogen-bond donors (Lipinski definition) is 2. The lowest BCUT2D eigenvalue weighted by molar-refractivity contribution is -0.113. The van der Waals surface area contributed by atoms with Crippen molar-refractivity contribution in [3.63, 3.8) is 0 Å². The molecule has 7 nitrogen and oxygen atoms in total. The van der Waals surface area contributed by atoms with E-state index in [1.165, 1.54) is 17.3 Å². The van der Waals surface area contributed by atoms with E-state index in [1.54, 1.807) is 0 Å². The Kier molecular flexibility index (Phi) is 4.98. The molecule has 0 spiro atoms. The van der Waals surface area contributed by atoms with Crippen molar-refractivity contribution in [1.29, 1.82) is 0 Å². The van der Waals surface area contributed by atoms with Gasteiger partial charge in [0.25, 0.3) is 5.56 Å². The Morgan fingerprint density at radius 1 is 1.22 bits per heavy atom. The number of fused-ring (bicyclic) bond motifs is 3. The van der Waals surface area contributed by atoms with Gasteiger partial charge in [-0.25, -0.2) is 0 Å². The molecule has 0 saturated heterocycles. The van der Waals surface area contributed by atoms with Gasteiger partial charge in [-0.1, -0.05) is 30.8 Å². The molecule has 3 aromatic rings. The zero-order valence-electron chi connectivity index (χ0n) is 15.1. The van der Waals surface area contributed by atoms with Crippen LogP contribution in [0.5, 0.6) is 0 Å². The minimum atomic E-state index is -0.0979. The molecule has 2 N–H and O–H groups in total. The van der Waals surface area contributed by atoms with E-state index in [-0.39, 0.29) is 17.2 Å². The Balaban J connectivity index is 1.50. The molecule has 1 aliphatic rings. The number of benzene rings is 1. The van der Waals surface area contributed by atoms with E-state index in [1.807, 2.05) is 28.7 Å². The van der Waals surface area contributed by atoms with Gasteiger partial charge in [-0.2, -0.15) is 0 Å². The van der Waals surface area contributed by atoms with Gasteiger partial charge >= 0.3 is 0 Å². The first-order chi connectivity index (χ1) is 13.2. The van der Waals surface area contributed by atoms with Gasteiger partial charge in [-0.3, -0.25) is 19.0 Å². The summed E-state index contributed by atoms with van der Waals surface area (Å²) in [7, 11) is 0. The Morgan fingerprint density at radius 2 is 2.00 bits per heavy atom. The van der Waals surface area contributed by atoms with E-state index >= 15 is 0 Å². The monoisotopic (exact) mass is 383 g/mol. The SMILES string of the molecule is CCc1ccc(NC(=O)CSc2nnc3[nH]c(=O)c4c(n23)CCCC4)cc1. The standard InChI is InChI=1S/C19H21N5O2S/c1-2-12-7-9-13(10-8-12)20-16(25)11-27-19-23-22-18-21-17(26)14-5-3-4-6-15(14)24(18)19/h7-10H,2-6,11H2,1H3,(H,20,25)(H,21,22,26). The summed E-state index contributed by atoms with van der Waals surface area (Å²) in [4.78, 5) is 27.3. The molecule has 1 aliphatic carbocycles. The van der Waals surface area contributed by atoms with Gasteiger partial charge in [0, 0.05) is 16.9 Å². The summed E-state index contributed by atoms with van der Waals surface area (Å²) in [5.74, 6) is 0.572. The largest absolute Gasteiger partial charge is 0.325 e. The summed E-state index contributed by atoms with van der Waals surface area (Å²) in [6.07, 6.45) is 4.64. The average molecular weight is 383 g/mol. The van der Waals surface area contributed by atoms with Crippen molar-refractivity contribution in [1.82, 2.24) is 19.6 Å². The molecule has 4 rings (SSSR count). The first kappa shape index (κ1) is 17.8. The zero-order valence-corrected chi connectivity index (χ0v) is 15.9. The van der Waals surface area contributed by atoms with Crippen LogP contribution in [0.25, 0.3) is 5.78 Å². The molecule has 0 fully saturated rings. The van der Waals surface area contributed by atoms with Crippen LogP contribution in [0.15, 0.2) is 34.2 Å². The van der Waals surface area contributed by atoms with Crippen LogP contribution in [0.2, 0.25) is 0 Å². The summed E-state index contributed by atoms with van der Waals surface area (Å²) < 4.78 is 1.89. The summed E-state index contributed by atoms with van der Waals surface area (Å²) in [6.45, 7) is 2.10. The van der Waals surface area contributed by atoms with Crippen molar-refractivity contribution in [3.05, 3.63) is 51.4 Å². The van der Waals surface area contributed by atoms with Crippen LogP contribution in [-0.4, -0.2) is 31.2 Å². The van der Waals surface area contributed by atoms with Gasteiger partial charge in [0.05, 0.1) is 5.75 Å². The fourth-order valence-electron chi connectivity index (χ4n) is 3.40. The van der Waals surface area contributed by atoms with E-state index in [0.29, 0.717) is 10.9 Å². The van der Waals surface area contributed by atoms with E-state index in [4.69, 9.17) is 0 Å². The number of thioether (sulfide) groups is 1. The highest BCUT2D eigenvalue weighted by Crippen LogP contribution is 2.23. The van der Waals surface area contributed by atoms with Gasteiger partial charge < -0.3 is 5.32 Å². The Bertz CT molecular complexity index is 1040. The molecule has 2 heterocycles. The quantitative estimate of drug-likeness (QED) is 0.661. The second-order valence-corrected chi connectivity index (χ2v) is 7.56. The minimum Gasteiger partial charge on any atom is -0.325 e. The highest BCUT2D eigenvalue weighted by molar-refractivity contribution is 7.99. The van der Waals surface area contributed by atoms with E-state index < -0.39 is 0 Å². The smallest absolute Gasteiger partial charge is 0.255 e. The maximum absolute atomic E-state index is 12.3. The molecular weight excluding hydrogens is 362 g/mol. The molecule has 0 bridgehead atoms. The van der Waals surface area contributed by atoms with Gasteiger partial charge in [0.15, 0.2) is 5.16 Å². The molecule has 0 atom stereocenters. The number of rotatable bonds is 5. The third-order valence-electron chi connectivity index (χ3n) is 4.82. The van der Waals surface area contributed by atoms with E-state index in [0.717, 1.165) is 49.0 Å². The van der Waals surface area contributed by atoms with E-state index in [9.17, 15) is 9.59 Å². The second kappa shape index (κ2) is 7.56. The van der Waals surface area contributed by atoms with Gasteiger partial charge in [0.1, 0.15) is 0 Å². The van der Waals surface area contributed by atoms with Gasteiger partial charge in [-0.15, -0.1) is 10.2 Å². The van der Waals surface area contributed by atoms with Crippen LogP contribution >= 0.6 is 11.8 Å². The number of carbonyl (C=O) groups excluding carboxylic acids is 1. The molecule has 1 aromatic carbocycles. The van der Waals surface area contributed by atoms with Crippen LogP contribution in [-0.2, 0) is 24.1 Å². The lowest BCUT2D eigenvalue weighted by Crippen LogP contribution is -2.23. The van der Waals surface area contributed by atoms with Crippen LogP contribution < -0.4 is 10.9 Å². The highest BCUT2D eigenvalue weighted by Gasteiger charge is 2.20. The van der Waals surface area contributed by atoms with Crippen molar-refractivity contribution in [2.75, 3.05) is 11.1 Å². The molecule has 0 radical (unpaired) electrons. The van der Waals surface area contributed by atoms with Gasteiger partial charge in [-0.05, 0) is 49.8 Å². The Labute approximate surface area is 160 Å². The molecule has 1 amide bonds. The molecule has 0 saturated carbocycles. The normalized spacial score (nSPS) is 13.5. The lowest BCUT2D eigenvalue weighted by Gasteiger charge is -2.16. The number of hydrogen-bond acceptors (Lipinski definition) is 5. The first-order valence-electron chi connectivity index (χ1n) is 9.16. The highest BCUT2D eigenvalue weighted by atomic mass is 32.2. The number of aromatic amines is 1. The van der Waals surface area contributed by atoms with E-state index in [2.05, 4.69) is 27.4 Å². The zero-order chi connectivity index (χ0) is 18.8. The number of amides is 1. The maximum atomic E-state index is 12.3. The van der Waals surface area contributed by atoms with Crippen molar-refractivity contribution in [3.8, 4) is 0 Å².